The van der Waals surface area contributed by atoms with Crippen LogP contribution >= 0.6 is 0 Å². The molecule has 0 fully saturated rings. The standard InChI is InChI=1S/C19H16N2O6/c1-11(22)16-17(12-3-2-8-20-9-12)21(19(26)18(16)25)13-4-6-14(7-5-13)27-10-15(23)24/h2-9,17,25H,10H2,1H3,(H,23,24)/p-1/t17-/m0/s1. The van der Waals surface area contributed by atoms with Crippen LogP contribution in [0, 0.1) is 0 Å². The van der Waals surface area contributed by atoms with Gasteiger partial charge in [-0.1, -0.05) is 6.07 Å². The Balaban J connectivity index is 1.99. The lowest BCUT2D eigenvalue weighted by atomic mass is 9.98. The molecule has 8 heteroatoms. The molecule has 2 aromatic rings. The number of ketones is 1. The smallest absolute Gasteiger partial charge is 0.294 e. The molecule has 3 rings (SSSR count). The number of rotatable bonds is 6. The highest BCUT2D eigenvalue weighted by atomic mass is 16.5. The summed E-state index contributed by atoms with van der Waals surface area (Å²) in [5.41, 5.74) is 0.958. The molecule has 2 heterocycles. The number of benzene rings is 1. The van der Waals surface area contributed by atoms with Gasteiger partial charge in [0.2, 0.25) is 0 Å². The molecule has 0 unspecified atom stereocenters. The molecule has 0 saturated heterocycles. The number of hydrogen-bond acceptors (Lipinski definition) is 7. The number of carboxylic acid groups (broad SMARTS) is 1. The minimum absolute atomic E-state index is 0.00900. The minimum Gasteiger partial charge on any atom is -0.546 e. The van der Waals surface area contributed by atoms with E-state index < -0.39 is 36.1 Å². The lowest BCUT2D eigenvalue weighted by Crippen LogP contribution is -2.31. The topological polar surface area (TPSA) is 120 Å². The van der Waals surface area contributed by atoms with Crippen LogP contribution in [0.5, 0.6) is 5.75 Å². The second kappa shape index (κ2) is 7.28. The Morgan fingerprint density at radius 1 is 1.26 bits per heavy atom. The molecule has 1 aliphatic rings. The van der Waals surface area contributed by atoms with Crippen LogP contribution in [0.4, 0.5) is 5.69 Å². The maximum atomic E-state index is 12.6. The monoisotopic (exact) mass is 367 g/mol. The average molecular weight is 367 g/mol. The number of hydrogen-bond donors (Lipinski definition) is 1. The number of Topliss-reactive ketones (excluding diaryl/α,β-unsaturated/α-hetero) is 1. The first-order valence-electron chi connectivity index (χ1n) is 8.00. The molecule has 0 aliphatic carbocycles. The minimum atomic E-state index is -1.36. The second-order valence-electron chi connectivity index (χ2n) is 5.84. The summed E-state index contributed by atoms with van der Waals surface area (Å²) in [5, 5.41) is 20.7. The summed E-state index contributed by atoms with van der Waals surface area (Å²) >= 11 is 0. The van der Waals surface area contributed by atoms with Gasteiger partial charge in [-0.15, -0.1) is 0 Å². The van der Waals surface area contributed by atoms with Crippen molar-refractivity contribution in [3.63, 3.8) is 0 Å². The first kappa shape index (κ1) is 18.1. The van der Waals surface area contributed by atoms with E-state index in [4.69, 9.17) is 4.74 Å². The molecule has 0 saturated carbocycles. The van der Waals surface area contributed by atoms with Gasteiger partial charge in [0.25, 0.3) is 5.91 Å². The van der Waals surface area contributed by atoms with Crippen molar-refractivity contribution in [2.45, 2.75) is 13.0 Å². The van der Waals surface area contributed by atoms with Crippen molar-refractivity contribution < 1.29 is 29.3 Å². The fourth-order valence-corrected chi connectivity index (χ4v) is 2.93. The number of aliphatic hydroxyl groups excluding tert-OH is 1. The lowest BCUT2D eigenvalue weighted by Gasteiger charge is -2.26. The normalized spacial score (nSPS) is 16.6. The zero-order valence-electron chi connectivity index (χ0n) is 14.3. The van der Waals surface area contributed by atoms with E-state index in [1.165, 1.54) is 42.3 Å². The van der Waals surface area contributed by atoms with Gasteiger partial charge in [0.1, 0.15) is 12.4 Å². The van der Waals surface area contributed by atoms with Crippen LogP contribution in [0.1, 0.15) is 18.5 Å². The van der Waals surface area contributed by atoms with E-state index in [0.717, 1.165) is 0 Å². The van der Waals surface area contributed by atoms with E-state index in [-0.39, 0.29) is 11.3 Å². The van der Waals surface area contributed by atoms with Crippen molar-refractivity contribution in [3.05, 3.63) is 65.7 Å². The number of ether oxygens (including phenoxy) is 1. The van der Waals surface area contributed by atoms with Gasteiger partial charge in [-0.05, 0) is 42.8 Å². The van der Waals surface area contributed by atoms with Crippen molar-refractivity contribution in [2.24, 2.45) is 0 Å². The van der Waals surface area contributed by atoms with Crippen LogP contribution in [0.25, 0.3) is 0 Å². The van der Waals surface area contributed by atoms with Crippen LogP contribution in [-0.2, 0) is 14.4 Å². The predicted molar refractivity (Wildman–Crippen MR) is 91.7 cm³/mol. The van der Waals surface area contributed by atoms with Gasteiger partial charge in [-0.25, -0.2) is 0 Å². The summed E-state index contributed by atoms with van der Waals surface area (Å²) in [7, 11) is 0. The number of aliphatic hydroxyl groups is 1. The Morgan fingerprint density at radius 2 is 1.96 bits per heavy atom. The molecule has 1 aromatic heterocycles. The molecule has 8 nitrogen and oxygen atoms in total. The van der Waals surface area contributed by atoms with Crippen molar-refractivity contribution in [1.29, 1.82) is 0 Å². The zero-order valence-corrected chi connectivity index (χ0v) is 14.3. The number of carboxylic acids is 1. The van der Waals surface area contributed by atoms with Crippen LogP contribution in [0.2, 0.25) is 0 Å². The van der Waals surface area contributed by atoms with Gasteiger partial charge in [-0.2, -0.15) is 0 Å². The van der Waals surface area contributed by atoms with E-state index >= 15 is 0 Å². The highest BCUT2D eigenvalue weighted by Crippen LogP contribution is 2.40. The molecular weight excluding hydrogens is 352 g/mol. The maximum Gasteiger partial charge on any atom is 0.294 e. The van der Waals surface area contributed by atoms with Gasteiger partial charge in [0.15, 0.2) is 11.5 Å². The third-order valence-corrected chi connectivity index (χ3v) is 4.06. The van der Waals surface area contributed by atoms with E-state index in [9.17, 15) is 24.6 Å². The number of amides is 1. The molecule has 1 N–H and O–H groups in total. The highest BCUT2D eigenvalue weighted by molar-refractivity contribution is 6.16. The molecule has 1 amide bonds. The second-order valence-corrected chi connectivity index (χ2v) is 5.84. The zero-order chi connectivity index (χ0) is 19.6. The van der Waals surface area contributed by atoms with Crippen LogP contribution in [-0.4, -0.2) is 34.4 Å². The van der Waals surface area contributed by atoms with Gasteiger partial charge in [0, 0.05) is 18.1 Å². The number of nitrogens with zero attached hydrogens (tertiary/aromatic N) is 2. The maximum absolute atomic E-state index is 12.6. The summed E-state index contributed by atoms with van der Waals surface area (Å²) in [6.45, 7) is 0.680. The van der Waals surface area contributed by atoms with E-state index in [1.807, 2.05) is 0 Å². The number of aromatic nitrogens is 1. The lowest BCUT2D eigenvalue weighted by molar-refractivity contribution is -0.307. The van der Waals surface area contributed by atoms with Crippen molar-refractivity contribution >= 4 is 23.3 Å². The molecule has 138 valence electrons. The number of aliphatic carboxylic acids is 1. The number of pyridine rings is 1. The Kier molecular flexibility index (Phi) is 4.89. The molecule has 27 heavy (non-hydrogen) atoms. The molecule has 1 aliphatic heterocycles. The van der Waals surface area contributed by atoms with E-state index in [2.05, 4.69) is 4.98 Å². The Bertz CT molecular complexity index is 921. The number of carbonyl (C=O) groups is 3. The van der Waals surface area contributed by atoms with Crippen LogP contribution < -0.4 is 14.7 Å². The van der Waals surface area contributed by atoms with Gasteiger partial charge in [0.05, 0.1) is 17.6 Å². The summed E-state index contributed by atoms with van der Waals surface area (Å²) < 4.78 is 5.01. The average Bonchev–Trinajstić information content (AvgIpc) is 2.92. The fourth-order valence-electron chi connectivity index (χ4n) is 2.93. The van der Waals surface area contributed by atoms with Crippen molar-refractivity contribution in [3.8, 4) is 5.75 Å². The van der Waals surface area contributed by atoms with Gasteiger partial charge < -0.3 is 19.7 Å². The molecule has 1 aromatic carbocycles. The summed E-state index contributed by atoms with van der Waals surface area (Å²) in [4.78, 5) is 40.5. The number of anilines is 1. The third kappa shape index (κ3) is 3.50. The van der Waals surface area contributed by atoms with Crippen molar-refractivity contribution in [1.82, 2.24) is 4.98 Å². The fraction of sp³-hybridized carbons (Fsp3) is 0.158. The molecular formula is C19H15N2O6-. The largest absolute Gasteiger partial charge is 0.546 e. The summed E-state index contributed by atoms with van der Waals surface area (Å²) in [6.07, 6.45) is 3.08. The molecule has 0 bridgehead atoms. The van der Waals surface area contributed by atoms with Crippen LogP contribution in [0.3, 0.4) is 0 Å². The van der Waals surface area contributed by atoms with Gasteiger partial charge in [-0.3, -0.25) is 19.5 Å². The quantitative estimate of drug-likeness (QED) is 0.798. The van der Waals surface area contributed by atoms with Gasteiger partial charge >= 0.3 is 0 Å². The Hall–Kier alpha value is -3.68. The Morgan fingerprint density at radius 3 is 2.52 bits per heavy atom. The van der Waals surface area contributed by atoms with Crippen LogP contribution in [0.15, 0.2) is 60.1 Å². The van der Waals surface area contributed by atoms with E-state index in [0.29, 0.717) is 11.3 Å². The summed E-state index contributed by atoms with van der Waals surface area (Å²) in [5.74, 6) is -2.82. The SMILES string of the molecule is CC(=O)C1=C(O)C(=O)N(c2ccc(OCC(=O)[O-])cc2)[C@H]1c1cccnc1. The first-order valence-corrected chi connectivity index (χ1v) is 8.00. The van der Waals surface area contributed by atoms with Crippen molar-refractivity contribution in [2.75, 3.05) is 11.5 Å². The van der Waals surface area contributed by atoms with E-state index in [1.54, 1.807) is 18.3 Å². The third-order valence-electron chi connectivity index (χ3n) is 4.06. The molecule has 0 radical (unpaired) electrons. The highest BCUT2D eigenvalue weighted by Gasteiger charge is 2.43. The summed E-state index contributed by atoms with van der Waals surface area (Å²) in [6, 6.07) is 8.57. The predicted octanol–water partition coefficient (Wildman–Crippen LogP) is 0.699. The first-order chi connectivity index (χ1) is 12.9. The Labute approximate surface area is 154 Å². The molecule has 1 atom stereocenters. The number of carbonyl (C=O) groups excluding carboxylic acids is 3. The molecule has 0 spiro atoms.